The van der Waals surface area contributed by atoms with E-state index in [0.717, 1.165) is 19.5 Å². The summed E-state index contributed by atoms with van der Waals surface area (Å²) in [5.74, 6) is 0.474. The summed E-state index contributed by atoms with van der Waals surface area (Å²) in [5, 5.41) is 4.78. The van der Waals surface area contributed by atoms with Crippen LogP contribution in [-0.4, -0.2) is 23.1 Å². The monoisotopic (exact) mass is 311 g/mol. The maximum atomic E-state index is 4.96. The van der Waals surface area contributed by atoms with Crippen molar-refractivity contribution in [2.75, 3.05) is 11.4 Å². The number of hydrogen-bond acceptors (Lipinski definition) is 4. The summed E-state index contributed by atoms with van der Waals surface area (Å²) in [7, 11) is 0. The zero-order valence-corrected chi connectivity index (χ0v) is 15.9. The van der Waals surface area contributed by atoms with Gasteiger partial charge in [-0.15, -0.1) is 11.3 Å². The SMILES string of the molecule is CCC(C)N(CC)c1nc(C(C)C)c(CNC(C)(C)C)s1. The molecule has 1 atom stereocenters. The Morgan fingerprint density at radius 1 is 1.19 bits per heavy atom. The van der Waals surface area contributed by atoms with Crippen LogP contribution < -0.4 is 10.2 Å². The Balaban J connectivity index is 3.03. The van der Waals surface area contributed by atoms with Gasteiger partial charge in [-0.05, 0) is 47.0 Å². The van der Waals surface area contributed by atoms with Crippen LogP contribution in [0.25, 0.3) is 0 Å². The zero-order chi connectivity index (χ0) is 16.2. The fourth-order valence-electron chi connectivity index (χ4n) is 2.25. The Morgan fingerprint density at radius 2 is 1.81 bits per heavy atom. The van der Waals surface area contributed by atoms with Gasteiger partial charge in [-0.3, -0.25) is 0 Å². The van der Waals surface area contributed by atoms with E-state index >= 15 is 0 Å². The molecule has 0 bridgehead atoms. The summed E-state index contributed by atoms with van der Waals surface area (Å²) in [6.45, 7) is 19.8. The summed E-state index contributed by atoms with van der Waals surface area (Å²) < 4.78 is 0. The van der Waals surface area contributed by atoms with Crippen molar-refractivity contribution in [3.05, 3.63) is 10.6 Å². The third kappa shape index (κ3) is 5.26. The van der Waals surface area contributed by atoms with Crippen molar-refractivity contribution in [3.63, 3.8) is 0 Å². The Kier molecular flexibility index (Phi) is 6.67. The third-order valence-electron chi connectivity index (χ3n) is 3.75. The molecule has 1 rings (SSSR count). The zero-order valence-electron chi connectivity index (χ0n) is 15.1. The molecule has 122 valence electrons. The lowest BCUT2D eigenvalue weighted by molar-refractivity contribution is 0.425. The lowest BCUT2D eigenvalue weighted by Gasteiger charge is -2.26. The average Bonchev–Trinajstić information content (AvgIpc) is 2.80. The van der Waals surface area contributed by atoms with E-state index in [9.17, 15) is 0 Å². The summed E-state index contributed by atoms with van der Waals surface area (Å²) in [6, 6.07) is 0.546. The molecular formula is C17H33N3S. The molecule has 0 aliphatic heterocycles. The van der Waals surface area contributed by atoms with Crippen molar-refractivity contribution in [3.8, 4) is 0 Å². The van der Waals surface area contributed by atoms with Crippen LogP contribution in [0.3, 0.4) is 0 Å². The highest BCUT2D eigenvalue weighted by Crippen LogP contribution is 2.32. The van der Waals surface area contributed by atoms with E-state index < -0.39 is 0 Å². The lowest BCUT2D eigenvalue weighted by Crippen LogP contribution is -2.35. The van der Waals surface area contributed by atoms with Crippen LogP contribution in [0.15, 0.2) is 0 Å². The largest absolute Gasteiger partial charge is 0.346 e. The van der Waals surface area contributed by atoms with Gasteiger partial charge in [-0.2, -0.15) is 0 Å². The highest BCUT2D eigenvalue weighted by atomic mass is 32.1. The quantitative estimate of drug-likeness (QED) is 0.785. The normalized spacial score (nSPS) is 13.8. The van der Waals surface area contributed by atoms with Crippen LogP contribution >= 0.6 is 11.3 Å². The molecule has 0 radical (unpaired) electrons. The van der Waals surface area contributed by atoms with Crippen LogP contribution in [0.2, 0.25) is 0 Å². The molecule has 4 heteroatoms. The Bertz CT molecular complexity index is 432. The Morgan fingerprint density at radius 3 is 2.24 bits per heavy atom. The highest BCUT2D eigenvalue weighted by molar-refractivity contribution is 7.15. The number of aromatic nitrogens is 1. The summed E-state index contributed by atoms with van der Waals surface area (Å²) in [6.07, 6.45) is 1.15. The fourth-order valence-corrected chi connectivity index (χ4v) is 3.57. The van der Waals surface area contributed by atoms with E-state index in [1.807, 2.05) is 11.3 Å². The van der Waals surface area contributed by atoms with Gasteiger partial charge in [0, 0.05) is 29.5 Å². The van der Waals surface area contributed by atoms with Gasteiger partial charge in [0.2, 0.25) is 0 Å². The van der Waals surface area contributed by atoms with Gasteiger partial charge in [-0.25, -0.2) is 4.98 Å². The van der Waals surface area contributed by atoms with E-state index in [1.165, 1.54) is 15.7 Å². The van der Waals surface area contributed by atoms with Gasteiger partial charge in [0.05, 0.1) is 5.69 Å². The maximum absolute atomic E-state index is 4.96. The fraction of sp³-hybridized carbons (Fsp3) is 0.824. The predicted octanol–water partition coefficient (Wildman–Crippen LogP) is 4.78. The first-order valence-electron chi connectivity index (χ1n) is 8.20. The summed E-state index contributed by atoms with van der Waals surface area (Å²) in [5.41, 5.74) is 1.40. The van der Waals surface area contributed by atoms with Crippen LogP contribution in [0, 0.1) is 0 Å². The second-order valence-corrected chi connectivity index (χ2v) is 8.17. The van der Waals surface area contributed by atoms with Crippen molar-refractivity contribution < 1.29 is 0 Å². The first-order chi connectivity index (χ1) is 9.69. The maximum Gasteiger partial charge on any atom is 0.186 e. The van der Waals surface area contributed by atoms with Crippen LogP contribution in [-0.2, 0) is 6.54 Å². The van der Waals surface area contributed by atoms with E-state index in [4.69, 9.17) is 4.98 Å². The van der Waals surface area contributed by atoms with Crippen molar-refractivity contribution in [1.29, 1.82) is 0 Å². The molecule has 0 spiro atoms. The molecule has 0 saturated heterocycles. The predicted molar refractivity (Wildman–Crippen MR) is 95.6 cm³/mol. The molecular weight excluding hydrogens is 278 g/mol. The van der Waals surface area contributed by atoms with Crippen LogP contribution in [0.5, 0.6) is 0 Å². The molecule has 0 aliphatic rings. The second kappa shape index (κ2) is 7.59. The van der Waals surface area contributed by atoms with Crippen molar-refractivity contribution in [1.82, 2.24) is 10.3 Å². The Hall–Kier alpha value is -0.610. The smallest absolute Gasteiger partial charge is 0.186 e. The summed E-state index contributed by atoms with van der Waals surface area (Å²) in [4.78, 5) is 8.77. The minimum absolute atomic E-state index is 0.138. The number of rotatable bonds is 7. The molecule has 3 nitrogen and oxygen atoms in total. The topological polar surface area (TPSA) is 28.2 Å². The molecule has 0 amide bonds. The molecule has 1 aromatic heterocycles. The van der Waals surface area contributed by atoms with Gasteiger partial charge in [-0.1, -0.05) is 20.8 Å². The van der Waals surface area contributed by atoms with Crippen molar-refractivity contribution >= 4 is 16.5 Å². The number of anilines is 1. The highest BCUT2D eigenvalue weighted by Gasteiger charge is 2.21. The molecule has 0 aliphatic carbocycles. The van der Waals surface area contributed by atoms with Gasteiger partial charge < -0.3 is 10.2 Å². The number of thiazole rings is 1. The van der Waals surface area contributed by atoms with Crippen LogP contribution in [0.4, 0.5) is 5.13 Å². The minimum atomic E-state index is 0.138. The molecule has 1 unspecified atom stereocenters. The standard InChI is InChI=1S/C17H33N3S/c1-9-13(5)20(10-2)16-19-15(12(3)4)14(21-16)11-18-17(6,7)8/h12-13,18H,9-11H2,1-8H3. The Labute approximate surface area is 135 Å². The molecule has 1 aromatic rings. The lowest BCUT2D eigenvalue weighted by atomic mass is 10.1. The molecule has 21 heavy (non-hydrogen) atoms. The van der Waals surface area contributed by atoms with E-state index in [2.05, 4.69) is 65.6 Å². The number of hydrogen-bond donors (Lipinski definition) is 1. The first kappa shape index (κ1) is 18.4. The van der Waals surface area contributed by atoms with Crippen molar-refractivity contribution in [2.24, 2.45) is 0 Å². The van der Waals surface area contributed by atoms with Crippen LogP contribution in [0.1, 0.15) is 78.3 Å². The first-order valence-corrected chi connectivity index (χ1v) is 9.02. The van der Waals surface area contributed by atoms with Crippen molar-refractivity contribution in [2.45, 2.75) is 85.9 Å². The van der Waals surface area contributed by atoms with Gasteiger partial charge in [0.25, 0.3) is 0 Å². The van der Waals surface area contributed by atoms with E-state index in [-0.39, 0.29) is 5.54 Å². The van der Waals surface area contributed by atoms with Gasteiger partial charge >= 0.3 is 0 Å². The summed E-state index contributed by atoms with van der Waals surface area (Å²) >= 11 is 1.86. The number of nitrogens with zero attached hydrogens (tertiary/aromatic N) is 2. The van der Waals surface area contributed by atoms with E-state index in [1.54, 1.807) is 0 Å². The molecule has 1 N–H and O–H groups in total. The van der Waals surface area contributed by atoms with Gasteiger partial charge in [0.1, 0.15) is 0 Å². The molecule has 0 aromatic carbocycles. The number of nitrogens with one attached hydrogen (secondary N) is 1. The third-order valence-corrected chi connectivity index (χ3v) is 4.86. The average molecular weight is 312 g/mol. The molecule has 0 fully saturated rings. The van der Waals surface area contributed by atoms with Gasteiger partial charge in [0.15, 0.2) is 5.13 Å². The molecule has 1 heterocycles. The van der Waals surface area contributed by atoms with E-state index in [0.29, 0.717) is 12.0 Å². The second-order valence-electron chi connectivity index (χ2n) is 7.11. The molecule has 0 saturated carbocycles. The minimum Gasteiger partial charge on any atom is -0.346 e.